The van der Waals surface area contributed by atoms with Gasteiger partial charge >= 0.3 is 0 Å². The number of hydrogen-bond donors (Lipinski definition) is 2. The number of nitrogens with one attached hydrogen (secondary N) is 2. The van der Waals surface area contributed by atoms with Gasteiger partial charge in [-0.15, -0.1) is 0 Å². The maximum absolute atomic E-state index is 12.4. The number of hydrogen-bond acceptors (Lipinski definition) is 4. The Morgan fingerprint density at radius 3 is 2.33 bits per heavy atom. The molecule has 0 radical (unpaired) electrons. The molecule has 1 amide bonds. The van der Waals surface area contributed by atoms with Crippen molar-refractivity contribution in [1.82, 2.24) is 0 Å². The summed E-state index contributed by atoms with van der Waals surface area (Å²) >= 11 is 0. The van der Waals surface area contributed by atoms with Gasteiger partial charge in [0.15, 0.2) is 5.78 Å². The first kappa shape index (κ1) is 17.7. The van der Waals surface area contributed by atoms with Gasteiger partial charge in [0.2, 0.25) is 10.0 Å². The highest BCUT2D eigenvalue weighted by Crippen LogP contribution is 2.19. The Morgan fingerprint density at radius 2 is 1.71 bits per heavy atom. The highest BCUT2D eigenvalue weighted by atomic mass is 32.2. The van der Waals surface area contributed by atoms with E-state index in [1.54, 1.807) is 43.3 Å². The number of carbonyl (C=O) groups excluding carboxylic acids is 2. The molecule has 0 heterocycles. The average molecular weight is 346 g/mol. The van der Waals surface area contributed by atoms with E-state index in [9.17, 15) is 18.0 Å². The van der Waals surface area contributed by atoms with Crippen LogP contribution in [0.5, 0.6) is 0 Å². The summed E-state index contributed by atoms with van der Waals surface area (Å²) in [5.41, 5.74) is 2.35. The third-order valence-corrected chi connectivity index (χ3v) is 3.91. The summed E-state index contributed by atoms with van der Waals surface area (Å²) in [6.07, 6.45) is 1.05. The van der Waals surface area contributed by atoms with Crippen molar-refractivity contribution in [2.24, 2.45) is 0 Å². The summed E-state index contributed by atoms with van der Waals surface area (Å²) in [5, 5.41) is 2.69. The number of anilines is 2. The molecule has 0 aliphatic carbocycles. The van der Waals surface area contributed by atoms with E-state index in [2.05, 4.69) is 10.0 Å². The van der Waals surface area contributed by atoms with Crippen molar-refractivity contribution in [3.63, 3.8) is 0 Å². The highest BCUT2D eigenvalue weighted by Gasteiger charge is 2.11. The molecule has 2 aromatic carbocycles. The number of aryl methyl sites for hydroxylation is 1. The molecule has 0 aliphatic rings. The lowest BCUT2D eigenvalue weighted by molar-refractivity contribution is 0.101. The number of Topliss-reactive ketones (excluding diaryl/α,β-unsaturated/α-hetero) is 1. The summed E-state index contributed by atoms with van der Waals surface area (Å²) in [6.45, 7) is 3.19. The monoisotopic (exact) mass is 346 g/mol. The molecular weight excluding hydrogens is 328 g/mol. The Balaban J connectivity index is 2.25. The fourth-order valence-corrected chi connectivity index (χ4v) is 2.71. The Hall–Kier alpha value is -2.67. The molecule has 0 fully saturated rings. The van der Waals surface area contributed by atoms with Crippen LogP contribution in [0.2, 0.25) is 0 Å². The summed E-state index contributed by atoms with van der Waals surface area (Å²) in [5.74, 6) is -0.492. The molecule has 0 aliphatic heterocycles. The summed E-state index contributed by atoms with van der Waals surface area (Å²) in [4.78, 5) is 23.7. The van der Waals surface area contributed by atoms with Crippen LogP contribution in [0, 0.1) is 6.92 Å². The first-order valence-corrected chi connectivity index (χ1v) is 9.05. The minimum absolute atomic E-state index is 0.0962. The molecule has 2 N–H and O–H groups in total. The van der Waals surface area contributed by atoms with Crippen molar-refractivity contribution >= 4 is 33.1 Å². The molecule has 24 heavy (non-hydrogen) atoms. The van der Waals surface area contributed by atoms with Gasteiger partial charge in [0.1, 0.15) is 0 Å². The Morgan fingerprint density at radius 1 is 1.00 bits per heavy atom. The number of benzene rings is 2. The van der Waals surface area contributed by atoms with Crippen LogP contribution in [-0.2, 0) is 10.0 Å². The maximum Gasteiger partial charge on any atom is 0.255 e. The topological polar surface area (TPSA) is 92.3 Å². The molecule has 0 bridgehead atoms. The van der Waals surface area contributed by atoms with Gasteiger partial charge in [-0.3, -0.25) is 14.3 Å². The summed E-state index contributed by atoms with van der Waals surface area (Å²) < 4.78 is 25.1. The van der Waals surface area contributed by atoms with Crippen LogP contribution >= 0.6 is 0 Å². The first-order chi connectivity index (χ1) is 11.2. The van der Waals surface area contributed by atoms with Crippen LogP contribution < -0.4 is 10.0 Å². The SMILES string of the molecule is CC(=O)c1cccc(NC(=O)c2ccc(C)c(NS(C)(=O)=O)c2)c1. The van der Waals surface area contributed by atoms with Crippen LogP contribution in [0.1, 0.15) is 33.2 Å². The zero-order valence-electron chi connectivity index (χ0n) is 13.6. The van der Waals surface area contributed by atoms with E-state index in [1.807, 2.05) is 0 Å². The van der Waals surface area contributed by atoms with Gasteiger partial charge in [0.05, 0.1) is 11.9 Å². The third-order valence-electron chi connectivity index (χ3n) is 3.32. The Bertz CT molecular complexity index is 905. The van der Waals surface area contributed by atoms with Gasteiger partial charge in [0, 0.05) is 16.8 Å². The van der Waals surface area contributed by atoms with Crippen molar-refractivity contribution < 1.29 is 18.0 Å². The molecule has 2 aromatic rings. The van der Waals surface area contributed by atoms with Crippen LogP contribution in [-0.4, -0.2) is 26.4 Å². The molecule has 0 atom stereocenters. The second-order valence-electron chi connectivity index (χ2n) is 5.50. The molecular formula is C17H18N2O4S. The Labute approximate surface area is 140 Å². The van der Waals surface area contributed by atoms with E-state index >= 15 is 0 Å². The number of amides is 1. The van der Waals surface area contributed by atoms with Gasteiger partial charge in [-0.25, -0.2) is 8.42 Å². The molecule has 126 valence electrons. The molecule has 0 unspecified atom stereocenters. The van der Waals surface area contributed by atoms with E-state index in [0.29, 0.717) is 28.1 Å². The fraction of sp³-hybridized carbons (Fsp3) is 0.176. The number of sulfonamides is 1. The molecule has 7 heteroatoms. The van der Waals surface area contributed by atoms with Crippen molar-refractivity contribution in [3.05, 3.63) is 59.2 Å². The van der Waals surface area contributed by atoms with E-state index in [4.69, 9.17) is 0 Å². The van der Waals surface area contributed by atoms with Gasteiger partial charge in [-0.2, -0.15) is 0 Å². The van der Waals surface area contributed by atoms with Crippen LogP contribution in [0.4, 0.5) is 11.4 Å². The van der Waals surface area contributed by atoms with E-state index in [0.717, 1.165) is 6.26 Å². The largest absolute Gasteiger partial charge is 0.322 e. The van der Waals surface area contributed by atoms with Crippen LogP contribution in [0.3, 0.4) is 0 Å². The highest BCUT2D eigenvalue weighted by molar-refractivity contribution is 7.92. The third kappa shape index (κ3) is 4.66. The fourth-order valence-electron chi connectivity index (χ4n) is 2.09. The Kier molecular flexibility index (Phi) is 5.04. The average Bonchev–Trinajstić information content (AvgIpc) is 2.48. The van der Waals surface area contributed by atoms with Crippen molar-refractivity contribution in [1.29, 1.82) is 0 Å². The van der Waals surface area contributed by atoms with Crippen molar-refractivity contribution in [3.8, 4) is 0 Å². The van der Waals surface area contributed by atoms with Crippen LogP contribution in [0.25, 0.3) is 0 Å². The molecule has 0 saturated heterocycles. The minimum atomic E-state index is -3.44. The quantitative estimate of drug-likeness (QED) is 0.814. The van der Waals surface area contributed by atoms with E-state index in [-0.39, 0.29) is 5.78 Å². The number of carbonyl (C=O) groups is 2. The van der Waals surface area contributed by atoms with Gasteiger partial charge < -0.3 is 5.32 Å². The number of rotatable bonds is 5. The predicted molar refractivity (Wildman–Crippen MR) is 94.0 cm³/mol. The molecule has 0 saturated carbocycles. The lowest BCUT2D eigenvalue weighted by atomic mass is 10.1. The van der Waals surface area contributed by atoms with Gasteiger partial charge in [0.25, 0.3) is 5.91 Å². The number of ketones is 1. The summed E-state index contributed by atoms with van der Waals surface area (Å²) in [7, 11) is -3.44. The second-order valence-corrected chi connectivity index (χ2v) is 7.24. The first-order valence-electron chi connectivity index (χ1n) is 7.16. The summed E-state index contributed by atoms with van der Waals surface area (Å²) in [6, 6.07) is 11.3. The second kappa shape index (κ2) is 6.84. The molecule has 6 nitrogen and oxygen atoms in total. The standard InChI is InChI=1S/C17H18N2O4S/c1-11-7-8-14(10-16(11)19-24(3,22)23)17(21)18-15-6-4-5-13(9-15)12(2)20/h4-10,19H,1-3H3,(H,18,21). The minimum Gasteiger partial charge on any atom is -0.322 e. The molecule has 2 rings (SSSR count). The van der Waals surface area contributed by atoms with Crippen molar-refractivity contribution in [2.45, 2.75) is 13.8 Å². The zero-order valence-corrected chi connectivity index (χ0v) is 14.4. The zero-order chi connectivity index (χ0) is 17.9. The molecule has 0 aromatic heterocycles. The van der Waals surface area contributed by atoms with Gasteiger partial charge in [-0.1, -0.05) is 18.2 Å². The lowest BCUT2D eigenvalue weighted by Crippen LogP contribution is -2.15. The predicted octanol–water partition coefficient (Wildman–Crippen LogP) is 2.82. The van der Waals surface area contributed by atoms with E-state index in [1.165, 1.54) is 13.0 Å². The smallest absolute Gasteiger partial charge is 0.255 e. The van der Waals surface area contributed by atoms with Crippen LogP contribution in [0.15, 0.2) is 42.5 Å². The normalized spacial score (nSPS) is 11.0. The van der Waals surface area contributed by atoms with Gasteiger partial charge in [-0.05, 0) is 43.7 Å². The lowest BCUT2D eigenvalue weighted by Gasteiger charge is -2.11. The maximum atomic E-state index is 12.4. The molecule has 0 spiro atoms. The van der Waals surface area contributed by atoms with E-state index < -0.39 is 15.9 Å². The van der Waals surface area contributed by atoms with Crippen molar-refractivity contribution in [2.75, 3.05) is 16.3 Å².